The van der Waals surface area contributed by atoms with Gasteiger partial charge in [-0.25, -0.2) is 9.98 Å². The summed E-state index contributed by atoms with van der Waals surface area (Å²) >= 11 is 0. The number of nitrogens with zero attached hydrogens (tertiary/aromatic N) is 3. The van der Waals surface area contributed by atoms with Crippen molar-refractivity contribution in [2.75, 3.05) is 44.8 Å². The maximum atomic E-state index is 5.74. The van der Waals surface area contributed by atoms with Crippen LogP contribution in [0, 0.1) is 0 Å². The first-order valence-corrected chi connectivity index (χ1v) is 10.3. The Balaban J connectivity index is 0.00000320. The molecule has 0 radical (unpaired) electrons. The number of ether oxygens (including phenoxy) is 2. The van der Waals surface area contributed by atoms with Gasteiger partial charge in [0, 0.05) is 25.8 Å². The van der Waals surface area contributed by atoms with E-state index in [1.54, 1.807) is 7.11 Å². The summed E-state index contributed by atoms with van der Waals surface area (Å²) in [6, 6.07) is 11.8. The highest BCUT2D eigenvalue weighted by Gasteiger charge is 2.12. The number of guanidine groups is 1. The van der Waals surface area contributed by atoms with Crippen molar-refractivity contribution in [1.82, 2.24) is 15.6 Å². The van der Waals surface area contributed by atoms with Crippen LogP contribution < -0.4 is 25.0 Å². The number of benzene rings is 1. The maximum absolute atomic E-state index is 5.74. The largest absolute Gasteiger partial charge is 0.497 e. The van der Waals surface area contributed by atoms with E-state index in [9.17, 15) is 0 Å². The fraction of sp³-hybridized carbons (Fsp3) is 0.455. The predicted octanol–water partition coefficient (Wildman–Crippen LogP) is 3.44. The van der Waals surface area contributed by atoms with E-state index in [4.69, 9.17) is 9.47 Å². The second-order valence-electron chi connectivity index (χ2n) is 6.86. The average Bonchev–Trinajstić information content (AvgIpc) is 3.30. The first-order valence-electron chi connectivity index (χ1n) is 10.3. The molecule has 0 saturated carbocycles. The summed E-state index contributed by atoms with van der Waals surface area (Å²) < 4.78 is 10.9. The quantitative estimate of drug-likeness (QED) is 0.226. The van der Waals surface area contributed by atoms with E-state index in [2.05, 4.69) is 44.6 Å². The number of hydrogen-bond acceptors (Lipinski definition) is 5. The van der Waals surface area contributed by atoms with Crippen LogP contribution in [0.25, 0.3) is 0 Å². The highest BCUT2D eigenvalue weighted by molar-refractivity contribution is 14.0. The fourth-order valence-electron chi connectivity index (χ4n) is 3.17. The van der Waals surface area contributed by atoms with Crippen molar-refractivity contribution in [3.8, 4) is 11.5 Å². The lowest BCUT2D eigenvalue weighted by Gasteiger charge is -2.16. The van der Waals surface area contributed by atoms with Gasteiger partial charge in [-0.2, -0.15) is 0 Å². The number of methoxy groups -OCH3 is 1. The molecule has 2 heterocycles. The van der Waals surface area contributed by atoms with Crippen molar-refractivity contribution in [2.45, 2.75) is 26.3 Å². The molecule has 8 heteroatoms. The van der Waals surface area contributed by atoms with Crippen LogP contribution in [0.4, 0.5) is 5.82 Å². The SMILES string of the molecule is CCNC(=NCc1ccc(N2CCCC2)nc1)NCCOc1ccc(OC)cc1.I. The van der Waals surface area contributed by atoms with E-state index in [1.165, 1.54) is 12.8 Å². The zero-order valence-corrected chi connectivity index (χ0v) is 20.1. The Hall–Kier alpha value is -2.23. The molecule has 0 aliphatic carbocycles. The average molecular weight is 525 g/mol. The fourth-order valence-corrected chi connectivity index (χ4v) is 3.17. The van der Waals surface area contributed by atoms with Crippen molar-refractivity contribution in [2.24, 2.45) is 4.99 Å². The van der Waals surface area contributed by atoms with Gasteiger partial charge in [0.15, 0.2) is 5.96 Å². The highest BCUT2D eigenvalue weighted by Crippen LogP contribution is 2.18. The first-order chi connectivity index (χ1) is 14.3. The van der Waals surface area contributed by atoms with Crippen molar-refractivity contribution >= 4 is 35.8 Å². The molecule has 30 heavy (non-hydrogen) atoms. The number of rotatable bonds is 9. The van der Waals surface area contributed by atoms with Gasteiger partial charge in [-0.05, 0) is 55.7 Å². The third-order valence-electron chi connectivity index (χ3n) is 4.73. The van der Waals surface area contributed by atoms with E-state index in [1.807, 2.05) is 30.5 Å². The molecule has 0 amide bonds. The summed E-state index contributed by atoms with van der Waals surface area (Å²) in [6.07, 6.45) is 4.44. The van der Waals surface area contributed by atoms with Gasteiger partial charge in [-0.3, -0.25) is 0 Å². The van der Waals surface area contributed by atoms with E-state index in [0.29, 0.717) is 19.7 Å². The first kappa shape index (κ1) is 24.0. The van der Waals surface area contributed by atoms with Crippen LogP contribution in [0.1, 0.15) is 25.3 Å². The van der Waals surface area contributed by atoms with Crippen molar-refractivity contribution in [3.63, 3.8) is 0 Å². The van der Waals surface area contributed by atoms with Gasteiger partial charge in [0.25, 0.3) is 0 Å². The lowest BCUT2D eigenvalue weighted by Crippen LogP contribution is -2.39. The molecule has 1 aliphatic rings. The number of aliphatic imine (C=N–C) groups is 1. The van der Waals surface area contributed by atoms with Crippen LogP contribution in [0.2, 0.25) is 0 Å². The van der Waals surface area contributed by atoms with Crippen LogP contribution in [0.3, 0.4) is 0 Å². The Morgan fingerprint density at radius 3 is 2.43 bits per heavy atom. The van der Waals surface area contributed by atoms with Gasteiger partial charge in [0.1, 0.15) is 23.9 Å². The minimum Gasteiger partial charge on any atom is -0.497 e. The molecule has 0 unspecified atom stereocenters. The van der Waals surface area contributed by atoms with Gasteiger partial charge in [-0.1, -0.05) is 6.07 Å². The summed E-state index contributed by atoms with van der Waals surface area (Å²) in [7, 11) is 1.65. The Morgan fingerprint density at radius 2 is 1.80 bits per heavy atom. The van der Waals surface area contributed by atoms with Gasteiger partial charge >= 0.3 is 0 Å². The van der Waals surface area contributed by atoms with Crippen molar-refractivity contribution in [3.05, 3.63) is 48.2 Å². The molecule has 1 saturated heterocycles. The summed E-state index contributed by atoms with van der Waals surface area (Å²) in [4.78, 5) is 11.6. The van der Waals surface area contributed by atoms with Crippen LogP contribution in [-0.4, -0.2) is 50.8 Å². The number of anilines is 1. The Morgan fingerprint density at radius 1 is 1.07 bits per heavy atom. The molecular formula is C22H32IN5O2. The molecule has 3 rings (SSSR count). The highest BCUT2D eigenvalue weighted by atomic mass is 127. The van der Waals surface area contributed by atoms with Crippen LogP contribution in [0.5, 0.6) is 11.5 Å². The molecule has 1 aromatic carbocycles. The number of nitrogens with one attached hydrogen (secondary N) is 2. The Bertz CT molecular complexity index is 762. The molecule has 1 aromatic heterocycles. The molecule has 7 nitrogen and oxygen atoms in total. The molecule has 0 bridgehead atoms. The topological polar surface area (TPSA) is 71.0 Å². The van der Waals surface area contributed by atoms with Gasteiger partial charge in [0.2, 0.25) is 0 Å². The minimum atomic E-state index is 0. The number of hydrogen-bond donors (Lipinski definition) is 2. The molecule has 0 atom stereocenters. The summed E-state index contributed by atoms with van der Waals surface area (Å²) in [5.41, 5.74) is 1.10. The van der Waals surface area contributed by atoms with E-state index >= 15 is 0 Å². The summed E-state index contributed by atoms with van der Waals surface area (Å²) in [5.74, 6) is 3.48. The summed E-state index contributed by atoms with van der Waals surface area (Å²) in [5, 5.41) is 6.56. The molecular weight excluding hydrogens is 493 g/mol. The molecule has 164 valence electrons. The number of pyridine rings is 1. The van der Waals surface area contributed by atoms with Gasteiger partial charge in [0.05, 0.1) is 20.2 Å². The molecule has 0 spiro atoms. The van der Waals surface area contributed by atoms with E-state index in [-0.39, 0.29) is 24.0 Å². The Kier molecular flexibility index (Phi) is 10.5. The standard InChI is InChI=1S/C22H31N5O2.HI/c1-3-23-22(24-12-15-29-20-9-7-19(28-2)8-10-20)26-17-18-6-11-21(25-16-18)27-13-4-5-14-27;/h6-11,16H,3-5,12-15,17H2,1-2H3,(H2,23,24,26);1H. The third-order valence-corrected chi connectivity index (χ3v) is 4.73. The minimum absolute atomic E-state index is 0. The van der Waals surface area contributed by atoms with Crippen LogP contribution in [-0.2, 0) is 6.54 Å². The molecule has 2 N–H and O–H groups in total. The zero-order chi connectivity index (χ0) is 20.3. The van der Waals surface area contributed by atoms with Gasteiger partial charge < -0.3 is 25.0 Å². The van der Waals surface area contributed by atoms with Crippen molar-refractivity contribution < 1.29 is 9.47 Å². The number of halogens is 1. The smallest absolute Gasteiger partial charge is 0.191 e. The van der Waals surface area contributed by atoms with E-state index in [0.717, 1.165) is 48.5 Å². The monoisotopic (exact) mass is 525 g/mol. The second-order valence-corrected chi connectivity index (χ2v) is 6.86. The normalized spacial score (nSPS) is 13.5. The van der Waals surface area contributed by atoms with Gasteiger partial charge in [-0.15, -0.1) is 24.0 Å². The second kappa shape index (κ2) is 13.1. The van der Waals surface area contributed by atoms with Crippen LogP contribution in [0.15, 0.2) is 47.6 Å². The number of aromatic nitrogens is 1. The lowest BCUT2D eigenvalue weighted by atomic mass is 10.3. The Labute approximate surface area is 196 Å². The predicted molar refractivity (Wildman–Crippen MR) is 132 cm³/mol. The molecule has 2 aromatic rings. The van der Waals surface area contributed by atoms with Crippen molar-refractivity contribution in [1.29, 1.82) is 0 Å². The lowest BCUT2D eigenvalue weighted by molar-refractivity contribution is 0.321. The zero-order valence-electron chi connectivity index (χ0n) is 17.8. The third kappa shape index (κ3) is 7.55. The van der Waals surface area contributed by atoms with E-state index < -0.39 is 0 Å². The molecule has 1 aliphatic heterocycles. The summed E-state index contributed by atoms with van der Waals surface area (Å²) in [6.45, 7) is 6.86. The van der Waals surface area contributed by atoms with Crippen LogP contribution >= 0.6 is 24.0 Å². The molecule has 1 fully saturated rings. The maximum Gasteiger partial charge on any atom is 0.191 e.